The summed E-state index contributed by atoms with van der Waals surface area (Å²) in [6.45, 7) is 0.711. The van der Waals surface area contributed by atoms with Gasteiger partial charge in [-0.3, -0.25) is 0 Å². The van der Waals surface area contributed by atoms with Gasteiger partial charge in [0.1, 0.15) is 6.61 Å². The summed E-state index contributed by atoms with van der Waals surface area (Å²) in [5, 5.41) is 5.50. The van der Waals surface area contributed by atoms with E-state index in [1.165, 1.54) is 0 Å². The average Bonchev–Trinajstić information content (AvgIpc) is 2.55. The highest BCUT2D eigenvalue weighted by atomic mass is 79.9. The van der Waals surface area contributed by atoms with Gasteiger partial charge < -0.3 is 20.1 Å². The molecule has 0 aromatic heterocycles. The molecule has 2 aromatic rings. The van der Waals surface area contributed by atoms with Crippen molar-refractivity contribution in [1.82, 2.24) is 5.32 Å². The molecule has 2 amide bonds. The van der Waals surface area contributed by atoms with E-state index in [-0.39, 0.29) is 6.03 Å². The number of nitrogens with one attached hydrogen (secondary N) is 2. The number of hydrogen-bond donors (Lipinski definition) is 2. The second-order valence-corrected chi connectivity index (χ2v) is 6.27. The minimum absolute atomic E-state index is 0.299. The van der Waals surface area contributed by atoms with Gasteiger partial charge in [-0.05, 0) is 46.3 Å². The summed E-state index contributed by atoms with van der Waals surface area (Å²) in [7, 11) is 1.59. The van der Waals surface area contributed by atoms with Crippen molar-refractivity contribution in [2.24, 2.45) is 0 Å². The molecule has 23 heavy (non-hydrogen) atoms. The van der Waals surface area contributed by atoms with E-state index < -0.39 is 0 Å². The molecule has 5 nitrogen and oxygen atoms in total. The Morgan fingerprint density at radius 3 is 2.61 bits per heavy atom. The summed E-state index contributed by atoms with van der Waals surface area (Å²) < 4.78 is 12.5. The summed E-state index contributed by atoms with van der Waals surface area (Å²) in [6.07, 6.45) is 0. The van der Waals surface area contributed by atoms with Gasteiger partial charge >= 0.3 is 6.03 Å². The van der Waals surface area contributed by atoms with Crippen molar-refractivity contribution >= 4 is 43.6 Å². The maximum atomic E-state index is 11.9. The molecule has 0 unspecified atom stereocenters. The van der Waals surface area contributed by atoms with Crippen LogP contribution >= 0.6 is 31.9 Å². The molecule has 122 valence electrons. The quantitative estimate of drug-likeness (QED) is 0.649. The van der Waals surface area contributed by atoms with Crippen molar-refractivity contribution in [2.75, 3.05) is 25.6 Å². The minimum atomic E-state index is -0.299. The van der Waals surface area contributed by atoms with Crippen LogP contribution < -0.4 is 20.1 Å². The monoisotopic (exact) mass is 442 g/mol. The van der Waals surface area contributed by atoms with Gasteiger partial charge in [-0.1, -0.05) is 28.1 Å². The number of anilines is 1. The zero-order valence-electron chi connectivity index (χ0n) is 12.4. The van der Waals surface area contributed by atoms with Crippen molar-refractivity contribution < 1.29 is 14.3 Å². The van der Waals surface area contributed by atoms with Crippen LogP contribution in [-0.4, -0.2) is 26.3 Å². The van der Waals surface area contributed by atoms with Crippen LogP contribution in [0.1, 0.15) is 0 Å². The van der Waals surface area contributed by atoms with E-state index in [4.69, 9.17) is 9.47 Å². The van der Waals surface area contributed by atoms with Crippen LogP contribution in [0, 0.1) is 0 Å². The van der Waals surface area contributed by atoms with E-state index in [0.29, 0.717) is 30.3 Å². The molecule has 0 saturated heterocycles. The number of urea groups is 1. The molecule has 2 aromatic carbocycles. The molecule has 0 radical (unpaired) electrons. The van der Waals surface area contributed by atoms with Crippen molar-refractivity contribution in [3.63, 3.8) is 0 Å². The van der Waals surface area contributed by atoms with Gasteiger partial charge in [-0.15, -0.1) is 0 Å². The Bertz CT molecular complexity index is 680. The summed E-state index contributed by atoms with van der Waals surface area (Å²) in [6, 6.07) is 12.6. The van der Waals surface area contributed by atoms with Gasteiger partial charge in [0.15, 0.2) is 11.5 Å². The van der Waals surface area contributed by atoms with Gasteiger partial charge in [0, 0.05) is 8.95 Å². The molecule has 0 aliphatic carbocycles. The van der Waals surface area contributed by atoms with E-state index in [9.17, 15) is 4.79 Å². The van der Waals surface area contributed by atoms with E-state index in [1.807, 2.05) is 42.5 Å². The zero-order chi connectivity index (χ0) is 16.7. The molecule has 0 bridgehead atoms. The Kier molecular flexibility index (Phi) is 6.73. The molecule has 0 fully saturated rings. The third-order valence-corrected chi connectivity index (χ3v) is 4.08. The van der Waals surface area contributed by atoms with Gasteiger partial charge in [0.25, 0.3) is 0 Å². The molecule has 0 aliphatic heterocycles. The lowest BCUT2D eigenvalue weighted by Crippen LogP contribution is -2.32. The van der Waals surface area contributed by atoms with Gasteiger partial charge in [0.2, 0.25) is 0 Å². The van der Waals surface area contributed by atoms with E-state index in [1.54, 1.807) is 7.11 Å². The lowest BCUT2D eigenvalue weighted by molar-refractivity contribution is 0.246. The van der Waals surface area contributed by atoms with Crippen LogP contribution in [0.2, 0.25) is 0 Å². The standard InChI is InChI=1S/C16H16Br2N2O3/c1-22-14-4-2-3-5-15(14)23-9-8-19-16(21)20-13-10-11(17)6-7-12(13)18/h2-7,10H,8-9H2,1H3,(H2,19,20,21). The lowest BCUT2D eigenvalue weighted by atomic mass is 10.3. The molecular formula is C16H16Br2N2O3. The molecule has 0 atom stereocenters. The number of hydrogen-bond acceptors (Lipinski definition) is 3. The summed E-state index contributed by atoms with van der Waals surface area (Å²) in [4.78, 5) is 11.9. The Balaban J connectivity index is 1.78. The topological polar surface area (TPSA) is 59.6 Å². The molecule has 7 heteroatoms. The Morgan fingerprint density at radius 2 is 1.87 bits per heavy atom. The number of carbonyl (C=O) groups excluding carboxylic acids is 1. The number of ether oxygens (including phenoxy) is 2. The predicted octanol–water partition coefficient (Wildman–Crippen LogP) is 4.42. The number of amides is 2. The van der Waals surface area contributed by atoms with Crippen molar-refractivity contribution in [3.05, 3.63) is 51.4 Å². The smallest absolute Gasteiger partial charge is 0.319 e. The van der Waals surface area contributed by atoms with Crippen molar-refractivity contribution in [3.8, 4) is 11.5 Å². The molecule has 0 spiro atoms. The largest absolute Gasteiger partial charge is 0.493 e. The molecule has 2 N–H and O–H groups in total. The first-order valence-corrected chi connectivity index (χ1v) is 8.44. The van der Waals surface area contributed by atoms with Crippen molar-refractivity contribution in [1.29, 1.82) is 0 Å². The predicted molar refractivity (Wildman–Crippen MR) is 97.4 cm³/mol. The number of para-hydroxylation sites is 2. The van der Waals surface area contributed by atoms with Crippen LogP contribution in [0.15, 0.2) is 51.4 Å². The molecule has 2 rings (SSSR count). The number of rotatable bonds is 6. The summed E-state index contributed by atoms with van der Waals surface area (Å²) in [5.74, 6) is 1.31. The third kappa shape index (κ3) is 5.44. The number of halogens is 2. The van der Waals surface area contributed by atoms with Gasteiger partial charge in [-0.2, -0.15) is 0 Å². The van der Waals surface area contributed by atoms with Crippen LogP contribution in [0.3, 0.4) is 0 Å². The molecule has 0 saturated carbocycles. The zero-order valence-corrected chi connectivity index (χ0v) is 15.6. The Morgan fingerprint density at radius 1 is 1.13 bits per heavy atom. The first-order chi connectivity index (χ1) is 11.1. The van der Waals surface area contributed by atoms with E-state index in [2.05, 4.69) is 42.5 Å². The van der Waals surface area contributed by atoms with Gasteiger partial charge in [0.05, 0.1) is 19.3 Å². The average molecular weight is 444 g/mol. The fourth-order valence-corrected chi connectivity index (χ4v) is 2.53. The summed E-state index contributed by atoms with van der Waals surface area (Å²) >= 11 is 6.75. The maximum absolute atomic E-state index is 11.9. The first kappa shape index (κ1) is 17.6. The molecular weight excluding hydrogens is 428 g/mol. The first-order valence-electron chi connectivity index (χ1n) is 6.86. The normalized spacial score (nSPS) is 10.0. The number of benzene rings is 2. The lowest BCUT2D eigenvalue weighted by Gasteiger charge is -2.12. The van der Waals surface area contributed by atoms with E-state index >= 15 is 0 Å². The third-order valence-electron chi connectivity index (χ3n) is 2.89. The highest BCUT2D eigenvalue weighted by molar-refractivity contribution is 9.11. The van der Waals surface area contributed by atoms with Crippen LogP contribution in [-0.2, 0) is 0 Å². The molecule has 0 aliphatic rings. The van der Waals surface area contributed by atoms with Crippen LogP contribution in [0.4, 0.5) is 10.5 Å². The van der Waals surface area contributed by atoms with Gasteiger partial charge in [-0.25, -0.2) is 4.79 Å². The summed E-state index contributed by atoms with van der Waals surface area (Å²) in [5.41, 5.74) is 0.683. The maximum Gasteiger partial charge on any atom is 0.319 e. The molecule has 0 heterocycles. The fraction of sp³-hybridized carbons (Fsp3) is 0.188. The van der Waals surface area contributed by atoms with Crippen molar-refractivity contribution in [2.45, 2.75) is 0 Å². The SMILES string of the molecule is COc1ccccc1OCCNC(=O)Nc1cc(Br)ccc1Br. The number of methoxy groups -OCH3 is 1. The second-order valence-electron chi connectivity index (χ2n) is 4.50. The van der Waals surface area contributed by atoms with Crippen LogP contribution in [0.25, 0.3) is 0 Å². The highest BCUT2D eigenvalue weighted by Crippen LogP contribution is 2.26. The minimum Gasteiger partial charge on any atom is -0.493 e. The number of carbonyl (C=O) groups is 1. The fourth-order valence-electron chi connectivity index (χ4n) is 1.82. The second kappa shape index (κ2) is 8.79. The van der Waals surface area contributed by atoms with Crippen LogP contribution in [0.5, 0.6) is 11.5 Å². The highest BCUT2D eigenvalue weighted by Gasteiger charge is 2.06. The van der Waals surface area contributed by atoms with E-state index in [0.717, 1.165) is 8.95 Å². The Labute approximate surface area is 151 Å². The Hall–Kier alpha value is -1.73.